The van der Waals surface area contributed by atoms with E-state index in [0.29, 0.717) is 0 Å². The highest BCUT2D eigenvalue weighted by Gasteiger charge is 2.32. The third-order valence-corrected chi connectivity index (χ3v) is 4.78. The van der Waals surface area contributed by atoms with Crippen LogP contribution in [0.2, 0.25) is 0 Å². The van der Waals surface area contributed by atoms with Crippen LogP contribution in [0.5, 0.6) is 0 Å². The normalized spacial score (nSPS) is 14.7. The number of carbonyl (C=O) groups is 3. The van der Waals surface area contributed by atoms with Gasteiger partial charge in [0, 0.05) is 19.7 Å². The van der Waals surface area contributed by atoms with E-state index in [-0.39, 0.29) is 24.1 Å². The Hall–Kier alpha value is -3.61. The van der Waals surface area contributed by atoms with E-state index in [0.717, 1.165) is 22.4 Å². The predicted octanol–water partition coefficient (Wildman–Crippen LogP) is 2.77. The minimum Gasteiger partial charge on any atom is -0.503 e. The number of rotatable bonds is 5. The van der Waals surface area contributed by atoms with Gasteiger partial charge in [0.15, 0.2) is 5.76 Å². The molecule has 1 heterocycles. The smallest absolute Gasteiger partial charge is 0.289 e. The van der Waals surface area contributed by atoms with Crippen LogP contribution in [0.1, 0.15) is 25.5 Å². The number of hydrogen-bond acceptors (Lipinski definition) is 4. The van der Waals surface area contributed by atoms with E-state index in [1.165, 1.54) is 18.9 Å². The minimum atomic E-state index is -0.549. The summed E-state index contributed by atoms with van der Waals surface area (Å²) < 4.78 is 0. The first kappa shape index (κ1) is 20.1. The van der Waals surface area contributed by atoms with Gasteiger partial charge in [-0.25, -0.2) is 0 Å². The fourth-order valence-corrected chi connectivity index (χ4v) is 3.18. The molecule has 2 aromatic carbocycles. The van der Waals surface area contributed by atoms with E-state index in [1.54, 1.807) is 0 Å². The van der Waals surface area contributed by atoms with Crippen molar-refractivity contribution in [3.05, 3.63) is 65.4 Å². The number of carbonyl (C=O) groups excluding carboxylic acids is 3. The summed E-state index contributed by atoms with van der Waals surface area (Å²) in [5.74, 6) is -1.63. The van der Waals surface area contributed by atoms with E-state index in [4.69, 9.17) is 0 Å². The standard InChI is InChI=1S/C22H23N3O4/c1-13(23-21(28)19-12-25(3)22(29)20(19)27)16-5-4-6-17(11-16)15-7-9-18(10-8-15)24-14(2)26/h4-11,13,27H,12H2,1-3H3,(H,23,28)(H,24,26)/t13-/m1/s1. The number of nitrogens with zero attached hydrogens (tertiary/aromatic N) is 1. The van der Waals surface area contributed by atoms with Gasteiger partial charge in [-0.2, -0.15) is 0 Å². The summed E-state index contributed by atoms with van der Waals surface area (Å²) in [6.07, 6.45) is 0. The molecule has 0 aliphatic carbocycles. The van der Waals surface area contributed by atoms with Crippen molar-refractivity contribution in [2.75, 3.05) is 18.9 Å². The fraction of sp³-hybridized carbons (Fsp3) is 0.227. The SMILES string of the molecule is CC(=O)Nc1ccc(-c2cccc([C@@H](C)NC(=O)C3=C(O)C(=O)N(C)C3)c2)cc1. The van der Waals surface area contributed by atoms with Crippen LogP contribution in [-0.4, -0.2) is 41.3 Å². The lowest BCUT2D eigenvalue weighted by atomic mass is 9.99. The maximum atomic E-state index is 12.5. The van der Waals surface area contributed by atoms with Crippen molar-refractivity contribution in [1.29, 1.82) is 0 Å². The van der Waals surface area contributed by atoms with E-state index < -0.39 is 17.6 Å². The predicted molar refractivity (Wildman–Crippen MR) is 110 cm³/mol. The number of aliphatic hydroxyl groups is 1. The van der Waals surface area contributed by atoms with Crippen LogP contribution < -0.4 is 10.6 Å². The molecule has 3 N–H and O–H groups in total. The average Bonchev–Trinajstić information content (AvgIpc) is 2.95. The van der Waals surface area contributed by atoms with Gasteiger partial charge < -0.3 is 20.6 Å². The van der Waals surface area contributed by atoms with Gasteiger partial charge in [-0.05, 0) is 41.8 Å². The fourth-order valence-electron chi connectivity index (χ4n) is 3.18. The Morgan fingerprint density at radius 1 is 1.10 bits per heavy atom. The summed E-state index contributed by atoms with van der Waals surface area (Å²) in [5.41, 5.74) is 3.63. The molecule has 7 heteroatoms. The lowest BCUT2D eigenvalue weighted by Gasteiger charge is -2.16. The highest BCUT2D eigenvalue weighted by Crippen LogP contribution is 2.25. The molecule has 150 valence electrons. The zero-order valence-corrected chi connectivity index (χ0v) is 16.5. The average molecular weight is 393 g/mol. The van der Waals surface area contributed by atoms with Crippen molar-refractivity contribution in [2.24, 2.45) is 0 Å². The Morgan fingerprint density at radius 2 is 1.79 bits per heavy atom. The van der Waals surface area contributed by atoms with Crippen molar-refractivity contribution in [1.82, 2.24) is 10.2 Å². The molecule has 1 aliphatic heterocycles. The van der Waals surface area contributed by atoms with Crippen molar-refractivity contribution in [3.8, 4) is 11.1 Å². The number of amides is 3. The Kier molecular flexibility index (Phi) is 5.68. The number of likely N-dealkylation sites (N-methyl/N-ethyl adjacent to an activating group) is 1. The number of hydrogen-bond donors (Lipinski definition) is 3. The van der Waals surface area contributed by atoms with E-state index in [1.807, 2.05) is 55.5 Å². The highest BCUT2D eigenvalue weighted by atomic mass is 16.3. The summed E-state index contributed by atoms with van der Waals surface area (Å²) in [4.78, 5) is 36.6. The molecule has 0 fully saturated rings. The lowest BCUT2D eigenvalue weighted by Crippen LogP contribution is -2.30. The summed E-state index contributed by atoms with van der Waals surface area (Å²) >= 11 is 0. The number of nitrogens with one attached hydrogen (secondary N) is 2. The molecule has 0 radical (unpaired) electrons. The second kappa shape index (κ2) is 8.18. The van der Waals surface area contributed by atoms with Gasteiger partial charge in [-0.3, -0.25) is 14.4 Å². The van der Waals surface area contributed by atoms with Crippen molar-refractivity contribution in [3.63, 3.8) is 0 Å². The third-order valence-electron chi connectivity index (χ3n) is 4.78. The van der Waals surface area contributed by atoms with Crippen LogP contribution >= 0.6 is 0 Å². The van der Waals surface area contributed by atoms with Crippen LogP contribution in [0, 0.1) is 0 Å². The maximum Gasteiger partial charge on any atom is 0.289 e. The molecular weight excluding hydrogens is 370 g/mol. The van der Waals surface area contributed by atoms with Crippen molar-refractivity contribution < 1.29 is 19.5 Å². The number of anilines is 1. The highest BCUT2D eigenvalue weighted by molar-refractivity contribution is 6.06. The Morgan fingerprint density at radius 3 is 2.38 bits per heavy atom. The molecule has 7 nitrogen and oxygen atoms in total. The molecule has 29 heavy (non-hydrogen) atoms. The first-order valence-corrected chi connectivity index (χ1v) is 9.22. The second-order valence-corrected chi connectivity index (χ2v) is 7.07. The topological polar surface area (TPSA) is 98.7 Å². The molecule has 3 rings (SSSR count). The Labute approximate surface area is 169 Å². The molecule has 0 bridgehead atoms. The third kappa shape index (κ3) is 4.45. The molecule has 2 aromatic rings. The Bertz CT molecular complexity index is 995. The maximum absolute atomic E-state index is 12.5. The largest absolute Gasteiger partial charge is 0.503 e. The first-order chi connectivity index (χ1) is 13.8. The minimum absolute atomic E-state index is 0.0778. The number of aliphatic hydroxyl groups excluding tert-OH is 1. The van der Waals surface area contributed by atoms with Crippen molar-refractivity contribution in [2.45, 2.75) is 19.9 Å². The van der Waals surface area contributed by atoms with Gasteiger partial charge >= 0.3 is 0 Å². The zero-order valence-electron chi connectivity index (χ0n) is 16.5. The molecule has 1 aliphatic rings. The van der Waals surface area contributed by atoms with Gasteiger partial charge in [0.1, 0.15) is 0 Å². The Balaban J connectivity index is 1.74. The summed E-state index contributed by atoms with van der Waals surface area (Å²) in [6, 6.07) is 14.9. The first-order valence-electron chi connectivity index (χ1n) is 9.22. The van der Waals surface area contributed by atoms with Crippen LogP contribution in [0.4, 0.5) is 5.69 Å². The van der Waals surface area contributed by atoms with Gasteiger partial charge in [0.05, 0.1) is 18.2 Å². The molecule has 3 amide bonds. The number of benzene rings is 2. The van der Waals surface area contributed by atoms with Crippen LogP contribution in [-0.2, 0) is 14.4 Å². The van der Waals surface area contributed by atoms with Gasteiger partial charge in [0.2, 0.25) is 5.91 Å². The van der Waals surface area contributed by atoms with Gasteiger partial charge in [-0.1, -0.05) is 30.3 Å². The van der Waals surface area contributed by atoms with Gasteiger partial charge in [0.25, 0.3) is 11.8 Å². The quantitative estimate of drug-likeness (QED) is 0.727. The monoisotopic (exact) mass is 393 g/mol. The van der Waals surface area contributed by atoms with Crippen LogP contribution in [0.15, 0.2) is 59.9 Å². The molecule has 0 saturated heterocycles. The van der Waals surface area contributed by atoms with E-state index in [9.17, 15) is 19.5 Å². The molecule has 0 unspecified atom stereocenters. The molecule has 0 saturated carbocycles. The molecule has 0 aromatic heterocycles. The van der Waals surface area contributed by atoms with E-state index in [2.05, 4.69) is 10.6 Å². The summed E-state index contributed by atoms with van der Waals surface area (Å²) in [6.45, 7) is 3.39. The zero-order chi connectivity index (χ0) is 21.1. The van der Waals surface area contributed by atoms with Crippen LogP contribution in [0.25, 0.3) is 11.1 Å². The summed E-state index contributed by atoms with van der Waals surface area (Å²) in [5, 5.41) is 15.4. The second-order valence-electron chi connectivity index (χ2n) is 7.07. The van der Waals surface area contributed by atoms with Crippen molar-refractivity contribution >= 4 is 23.4 Å². The van der Waals surface area contributed by atoms with Gasteiger partial charge in [-0.15, -0.1) is 0 Å². The lowest BCUT2D eigenvalue weighted by molar-refractivity contribution is -0.126. The molecule has 1 atom stereocenters. The molecular formula is C22H23N3O4. The van der Waals surface area contributed by atoms with E-state index >= 15 is 0 Å². The summed E-state index contributed by atoms with van der Waals surface area (Å²) in [7, 11) is 1.53. The van der Waals surface area contributed by atoms with Crippen LogP contribution in [0.3, 0.4) is 0 Å². The molecule has 0 spiro atoms.